The molecule has 0 unspecified atom stereocenters. The highest BCUT2D eigenvalue weighted by Gasteiger charge is 1.92. The Morgan fingerprint density at radius 1 is 0.533 bits per heavy atom. The van der Waals surface area contributed by atoms with Crippen molar-refractivity contribution in [3.8, 4) is 0 Å². The predicted molar refractivity (Wildman–Crippen MR) is 137 cm³/mol. The lowest BCUT2D eigenvalue weighted by atomic mass is 10.1. The van der Waals surface area contributed by atoms with Gasteiger partial charge in [0.05, 0.1) is 0 Å². The first-order valence-electron chi connectivity index (χ1n) is 10.1. The van der Waals surface area contributed by atoms with Crippen molar-refractivity contribution in [2.75, 3.05) is 0 Å². The van der Waals surface area contributed by atoms with Crippen LogP contribution in [-0.4, -0.2) is 0 Å². The maximum Gasteiger partial charge on any atom is -0.0188 e. The molecule has 0 heterocycles. The Morgan fingerprint density at radius 2 is 0.867 bits per heavy atom. The lowest BCUT2D eigenvalue weighted by Gasteiger charge is -1.98. The third-order valence-electron chi connectivity index (χ3n) is 4.31. The number of allylic oxidation sites excluding steroid dienone is 6. The first kappa shape index (κ1) is 24.4. The van der Waals surface area contributed by atoms with Gasteiger partial charge in [0.2, 0.25) is 0 Å². The Labute approximate surface area is 182 Å². The fraction of sp³-hybridized carbons (Fsp3) is 0.0667. The molecule has 0 radical (unpaired) electrons. The molecule has 3 aromatic carbocycles. The third-order valence-corrected chi connectivity index (χ3v) is 4.31. The summed E-state index contributed by atoms with van der Waals surface area (Å²) in [4.78, 5) is 0. The molecule has 3 rings (SSSR count). The highest BCUT2D eigenvalue weighted by molar-refractivity contribution is 5.73. The van der Waals surface area contributed by atoms with Crippen LogP contribution in [0, 0.1) is 0 Å². The summed E-state index contributed by atoms with van der Waals surface area (Å²) in [7, 11) is 0. The van der Waals surface area contributed by atoms with Crippen LogP contribution in [0.3, 0.4) is 0 Å². The summed E-state index contributed by atoms with van der Waals surface area (Å²) >= 11 is 0. The lowest BCUT2D eigenvalue weighted by molar-refractivity contribution is 1.60. The van der Waals surface area contributed by atoms with E-state index in [4.69, 9.17) is 0 Å². The van der Waals surface area contributed by atoms with E-state index in [-0.39, 0.29) is 0 Å². The van der Waals surface area contributed by atoms with Crippen LogP contribution < -0.4 is 0 Å². The van der Waals surface area contributed by atoms with Gasteiger partial charge in [-0.1, -0.05) is 141 Å². The first-order valence-corrected chi connectivity index (χ1v) is 10.1. The monoisotopic (exact) mass is 392 g/mol. The fourth-order valence-electron chi connectivity index (χ4n) is 2.66. The van der Waals surface area contributed by atoms with E-state index in [1.54, 1.807) is 0 Å². The van der Waals surface area contributed by atoms with E-state index in [2.05, 4.69) is 56.2 Å². The van der Waals surface area contributed by atoms with E-state index in [0.717, 1.165) is 0 Å². The van der Waals surface area contributed by atoms with E-state index in [1.807, 2.05) is 98.8 Å². The van der Waals surface area contributed by atoms with Gasteiger partial charge in [-0.2, -0.15) is 0 Å². The summed E-state index contributed by atoms with van der Waals surface area (Å²) in [5.41, 5.74) is 6.00. The molecular formula is C30H32. The molecule has 0 aliphatic heterocycles. The maximum absolute atomic E-state index is 3.74. The van der Waals surface area contributed by atoms with E-state index in [1.165, 1.54) is 27.8 Å². The van der Waals surface area contributed by atoms with E-state index >= 15 is 0 Å². The molecule has 0 N–H and O–H groups in total. The van der Waals surface area contributed by atoms with Crippen molar-refractivity contribution in [3.63, 3.8) is 0 Å². The normalized spacial score (nSPS) is 10.5. The molecule has 0 spiro atoms. The van der Waals surface area contributed by atoms with Gasteiger partial charge < -0.3 is 0 Å². The van der Waals surface area contributed by atoms with E-state index in [0.29, 0.717) is 0 Å². The Kier molecular flexibility index (Phi) is 12.4. The van der Waals surface area contributed by atoms with Gasteiger partial charge in [-0.25, -0.2) is 0 Å². The Morgan fingerprint density at radius 3 is 1.10 bits per heavy atom. The SMILES string of the molecule is C=CC(=CC)c1ccccc1.C=CC(=CC)c1ccccc1.C=Cc1ccccc1. The molecule has 30 heavy (non-hydrogen) atoms. The lowest BCUT2D eigenvalue weighted by Crippen LogP contribution is -1.76. The van der Waals surface area contributed by atoms with Crippen molar-refractivity contribution >= 4 is 17.2 Å². The topological polar surface area (TPSA) is 0 Å². The van der Waals surface area contributed by atoms with Crippen molar-refractivity contribution in [2.24, 2.45) is 0 Å². The van der Waals surface area contributed by atoms with Crippen LogP contribution in [-0.2, 0) is 0 Å². The smallest absolute Gasteiger partial charge is 0.0188 e. The number of hydrogen-bond acceptors (Lipinski definition) is 0. The van der Waals surface area contributed by atoms with Crippen molar-refractivity contribution in [1.82, 2.24) is 0 Å². The first-order chi connectivity index (χ1) is 14.7. The predicted octanol–water partition coefficient (Wildman–Crippen LogP) is 8.88. The molecule has 0 atom stereocenters. The van der Waals surface area contributed by atoms with Crippen molar-refractivity contribution in [1.29, 1.82) is 0 Å². The summed E-state index contributed by atoms with van der Waals surface area (Å²) in [6, 6.07) is 30.5. The zero-order valence-corrected chi connectivity index (χ0v) is 18.2. The van der Waals surface area contributed by atoms with Crippen molar-refractivity contribution in [3.05, 3.63) is 152 Å². The van der Waals surface area contributed by atoms with Gasteiger partial charge in [0.25, 0.3) is 0 Å². The molecular weight excluding hydrogens is 360 g/mol. The molecule has 0 aliphatic rings. The highest BCUT2D eigenvalue weighted by Crippen LogP contribution is 2.14. The van der Waals surface area contributed by atoms with Crippen LogP contribution in [0.1, 0.15) is 30.5 Å². The molecule has 3 aromatic rings. The van der Waals surface area contributed by atoms with Gasteiger partial charge in [0.1, 0.15) is 0 Å². The van der Waals surface area contributed by atoms with E-state index in [9.17, 15) is 0 Å². The van der Waals surface area contributed by atoms with Crippen LogP contribution in [0.15, 0.2) is 135 Å². The average molecular weight is 393 g/mol. The number of rotatable bonds is 5. The molecule has 0 saturated heterocycles. The summed E-state index contributed by atoms with van der Waals surface area (Å²) in [5, 5.41) is 0. The van der Waals surface area contributed by atoms with Crippen LogP contribution >= 0.6 is 0 Å². The van der Waals surface area contributed by atoms with Crippen LogP contribution in [0.4, 0.5) is 0 Å². The summed E-state index contributed by atoms with van der Waals surface area (Å²) < 4.78 is 0. The quantitative estimate of drug-likeness (QED) is 0.380. The molecule has 0 saturated carbocycles. The zero-order valence-electron chi connectivity index (χ0n) is 18.2. The van der Waals surface area contributed by atoms with Crippen LogP contribution in [0.25, 0.3) is 17.2 Å². The number of benzene rings is 3. The second kappa shape index (κ2) is 15.3. The van der Waals surface area contributed by atoms with Gasteiger partial charge >= 0.3 is 0 Å². The largest absolute Gasteiger partial charge is 0.0985 e. The number of hydrogen-bond donors (Lipinski definition) is 0. The second-order valence-corrected chi connectivity index (χ2v) is 6.24. The van der Waals surface area contributed by atoms with E-state index < -0.39 is 0 Å². The molecule has 0 nitrogen and oxygen atoms in total. The van der Waals surface area contributed by atoms with Crippen LogP contribution in [0.5, 0.6) is 0 Å². The molecule has 152 valence electrons. The Bertz CT molecular complexity index is 868. The maximum atomic E-state index is 3.74. The molecule has 0 aliphatic carbocycles. The minimum Gasteiger partial charge on any atom is -0.0985 e. The van der Waals surface area contributed by atoms with Gasteiger partial charge in [-0.15, -0.1) is 0 Å². The van der Waals surface area contributed by atoms with Gasteiger partial charge in [0.15, 0.2) is 0 Å². The minimum absolute atomic E-state index is 1.17. The molecule has 0 fully saturated rings. The Hall–Kier alpha value is -3.64. The summed E-state index contributed by atoms with van der Waals surface area (Å²) in [5.74, 6) is 0. The molecule has 0 bridgehead atoms. The minimum atomic E-state index is 1.17. The highest BCUT2D eigenvalue weighted by atomic mass is 14.0. The second-order valence-electron chi connectivity index (χ2n) is 6.24. The van der Waals surface area contributed by atoms with Gasteiger partial charge in [-0.05, 0) is 41.7 Å². The fourth-order valence-corrected chi connectivity index (χ4v) is 2.66. The molecule has 0 amide bonds. The summed E-state index contributed by atoms with van der Waals surface area (Å²) in [6.07, 6.45) is 9.69. The molecule has 0 heteroatoms. The van der Waals surface area contributed by atoms with Crippen molar-refractivity contribution in [2.45, 2.75) is 13.8 Å². The average Bonchev–Trinajstić information content (AvgIpc) is 2.83. The van der Waals surface area contributed by atoms with Gasteiger partial charge in [-0.3, -0.25) is 0 Å². The van der Waals surface area contributed by atoms with Gasteiger partial charge in [0, 0.05) is 0 Å². The van der Waals surface area contributed by atoms with Crippen molar-refractivity contribution < 1.29 is 0 Å². The zero-order chi connectivity index (χ0) is 22.0. The molecule has 0 aromatic heterocycles. The Balaban J connectivity index is 0.000000228. The standard InChI is InChI=1S/2C11H12.C8H8/c2*1-3-10(4-2)11-8-6-5-7-9-11;1-2-8-6-4-3-5-7-8/h2*3-9H,1H2,2H3;2-7H,1H2. The van der Waals surface area contributed by atoms with Crippen LogP contribution in [0.2, 0.25) is 0 Å². The summed E-state index contributed by atoms with van der Waals surface area (Å²) in [6.45, 7) is 15.1. The third kappa shape index (κ3) is 9.03.